The number of aromatic amines is 1. The Hall–Kier alpha value is -3.51. The fourth-order valence-electron chi connectivity index (χ4n) is 3.07. The van der Waals surface area contributed by atoms with Crippen LogP contribution in [-0.2, 0) is 13.1 Å². The quantitative estimate of drug-likeness (QED) is 0.558. The van der Waals surface area contributed by atoms with E-state index in [0.29, 0.717) is 17.2 Å². The third kappa shape index (κ3) is 4.24. The SMILES string of the molecule is CN(Cc1ccc(-c2nc(-c3ccccn3)cc(=O)[nH]2)cc1)Cc1ccoc1. The maximum Gasteiger partial charge on any atom is 0.251 e. The lowest BCUT2D eigenvalue weighted by Gasteiger charge is -2.15. The predicted molar refractivity (Wildman–Crippen MR) is 107 cm³/mol. The van der Waals surface area contributed by atoms with Crippen molar-refractivity contribution in [1.29, 1.82) is 0 Å². The van der Waals surface area contributed by atoms with Crippen LogP contribution in [0.25, 0.3) is 22.8 Å². The van der Waals surface area contributed by atoms with Gasteiger partial charge in [-0.3, -0.25) is 14.7 Å². The first-order chi connectivity index (χ1) is 13.7. The molecule has 0 saturated heterocycles. The molecule has 0 radical (unpaired) electrons. The predicted octanol–water partition coefficient (Wildman–Crippen LogP) is 3.72. The Bertz CT molecular complexity index is 1090. The van der Waals surface area contributed by atoms with E-state index in [1.807, 2.05) is 36.4 Å². The average Bonchev–Trinajstić information content (AvgIpc) is 3.21. The molecule has 0 bridgehead atoms. The first kappa shape index (κ1) is 17.9. The molecule has 0 aliphatic heterocycles. The molecule has 3 aromatic heterocycles. The van der Waals surface area contributed by atoms with E-state index in [9.17, 15) is 4.79 Å². The molecular weight excluding hydrogens is 352 g/mol. The van der Waals surface area contributed by atoms with Crippen LogP contribution in [0.2, 0.25) is 0 Å². The van der Waals surface area contributed by atoms with Gasteiger partial charge < -0.3 is 9.40 Å². The van der Waals surface area contributed by atoms with Crippen LogP contribution in [0.1, 0.15) is 11.1 Å². The fraction of sp³-hybridized carbons (Fsp3) is 0.136. The minimum Gasteiger partial charge on any atom is -0.472 e. The number of hydrogen-bond donors (Lipinski definition) is 1. The van der Waals surface area contributed by atoms with Crippen LogP contribution < -0.4 is 5.56 Å². The number of rotatable bonds is 6. The number of H-pyrrole nitrogens is 1. The summed E-state index contributed by atoms with van der Waals surface area (Å²) in [6.07, 6.45) is 5.13. The number of nitrogens with zero attached hydrogens (tertiary/aromatic N) is 3. The molecule has 0 aliphatic carbocycles. The van der Waals surface area contributed by atoms with E-state index in [2.05, 4.69) is 39.0 Å². The first-order valence-electron chi connectivity index (χ1n) is 8.99. The highest BCUT2D eigenvalue weighted by molar-refractivity contribution is 5.60. The van der Waals surface area contributed by atoms with Gasteiger partial charge in [0.1, 0.15) is 5.82 Å². The van der Waals surface area contributed by atoms with Gasteiger partial charge in [0.05, 0.1) is 23.9 Å². The van der Waals surface area contributed by atoms with Crippen molar-refractivity contribution in [2.75, 3.05) is 7.05 Å². The molecule has 0 spiro atoms. The van der Waals surface area contributed by atoms with Gasteiger partial charge in [-0.15, -0.1) is 0 Å². The van der Waals surface area contributed by atoms with Crippen molar-refractivity contribution in [1.82, 2.24) is 19.9 Å². The highest BCUT2D eigenvalue weighted by Crippen LogP contribution is 2.19. The van der Waals surface area contributed by atoms with Gasteiger partial charge in [-0.1, -0.05) is 30.3 Å². The molecule has 0 aliphatic rings. The van der Waals surface area contributed by atoms with Crippen LogP contribution in [0, 0.1) is 0 Å². The molecule has 0 unspecified atom stereocenters. The Labute approximate surface area is 162 Å². The van der Waals surface area contributed by atoms with Gasteiger partial charge in [0, 0.05) is 36.5 Å². The number of pyridine rings is 1. The van der Waals surface area contributed by atoms with Crippen molar-refractivity contribution in [2.45, 2.75) is 13.1 Å². The van der Waals surface area contributed by atoms with E-state index in [1.54, 1.807) is 18.7 Å². The molecule has 4 aromatic rings. The molecule has 0 fully saturated rings. The zero-order valence-electron chi connectivity index (χ0n) is 15.5. The second-order valence-corrected chi connectivity index (χ2v) is 6.70. The van der Waals surface area contributed by atoms with Gasteiger partial charge in [0.25, 0.3) is 5.56 Å². The van der Waals surface area contributed by atoms with Crippen molar-refractivity contribution >= 4 is 0 Å². The lowest BCUT2D eigenvalue weighted by molar-refractivity contribution is 0.318. The molecule has 0 amide bonds. The Morgan fingerprint density at radius 1 is 1.00 bits per heavy atom. The van der Waals surface area contributed by atoms with Crippen LogP contribution in [-0.4, -0.2) is 26.9 Å². The number of aromatic nitrogens is 3. The topological polar surface area (TPSA) is 75.0 Å². The maximum absolute atomic E-state index is 12.1. The van der Waals surface area contributed by atoms with Crippen molar-refractivity contribution in [3.63, 3.8) is 0 Å². The van der Waals surface area contributed by atoms with E-state index in [-0.39, 0.29) is 5.56 Å². The molecule has 1 aromatic carbocycles. The summed E-state index contributed by atoms with van der Waals surface area (Å²) >= 11 is 0. The van der Waals surface area contributed by atoms with Gasteiger partial charge in [-0.05, 0) is 30.8 Å². The summed E-state index contributed by atoms with van der Waals surface area (Å²) in [6.45, 7) is 1.63. The third-order valence-electron chi connectivity index (χ3n) is 4.38. The van der Waals surface area contributed by atoms with Gasteiger partial charge in [-0.2, -0.15) is 0 Å². The lowest BCUT2D eigenvalue weighted by atomic mass is 10.1. The Balaban J connectivity index is 1.52. The largest absolute Gasteiger partial charge is 0.472 e. The van der Waals surface area contributed by atoms with Crippen molar-refractivity contribution in [2.24, 2.45) is 0 Å². The zero-order valence-corrected chi connectivity index (χ0v) is 15.5. The molecular formula is C22H20N4O2. The summed E-state index contributed by atoms with van der Waals surface area (Å²) in [5.41, 5.74) is 4.21. The van der Waals surface area contributed by atoms with Crippen LogP contribution in [0.5, 0.6) is 0 Å². The molecule has 3 heterocycles. The Kier molecular flexibility index (Phi) is 5.12. The highest BCUT2D eigenvalue weighted by Gasteiger charge is 2.08. The summed E-state index contributed by atoms with van der Waals surface area (Å²) in [6, 6.07) is 17.0. The smallest absolute Gasteiger partial charge is 0.251 e. The molecule has 28 heavy (non-hydrogen) atoms. The summed E-state index contributed by atoms with van der Waals surface area (Å²) in [7, 11) is 2.07. The number of nitrogens with one attached hydrogen (secondary N) is 1. The molecule has 0 saturated carbocycles. The minimum absolute atomic E-state index is 0.199. The fourth-order valence-corrected chi connectivity index (χ4v) is 3.07. The Morgan fingerprint density at radius 2 is 1.82 bits per heavy atom. The third-order valence-corrected chi connectivity index (χ3v) is 4.38. The molecule has 140 valence electrons. The molecule has 6 heteroatoms. The molecule has 4 rings (SSSR count). The Morgan fingerprint density at radius 3 is 2.54 bits per heavy atom. The summed E-state index contributed by atoms with van der Waals surface area (Å²) < 4.78 is 5.11. The van der Waals surface area contributed by atoms with E-state index < -0.39 is 0 Å². The van der Waals surface area contributed by atoms with Crippen LogP contribution in [0.15, 0.2) is 82.5 Å². The second-order valence-electron chi connectivity index (χ2n) is 6.70. The van der Waals surface area contributed by atoms with Gasteiger partial charge in [0.15, 0.2) is 0 Å². The van der Waals surface area contributed by atoms with E-state index >= 15 is 0 Å². The molecule has 1 N–H and O–H groups in total. The number of benzene rings is 1. The van der Waals surface area contributed by atoms with Crippen molar-refractivity contribution in [3.05, 3.63) is 94.8 Å². The average molecular weight is 372 g/mol. The standard InChI is InChI=1S/C22H20N4O2/c1-26(14-17-9-11-28-15-17)13-16-5-7-18(8-6-16)22-24-20(12-21(27)25-22)19-4-2-3-10-23-19/h2-12,15H,13-14H2,1H3,(H,24,25,27). The molecule has 0 atom stereocenters. The van der Waals surface area contributed by atoms with Gasteiger partial charge in [-0.25, -0.2) is 4.98 Å². The van der Waals surface area contributed by atoms with E-state index in [4.69, 9.17) is 4.42 Å². The van der Waals surface area contributed by atoms with E-state index in [1.165, 1.54) is 11.6 Å². The van der Waals surface area contributed by atoms with Crippen LogP contribution in [0.3, 0.4) is 0 Å². The summed E-state index contributed by atoms with van der Waals surface area (Å²) in [5, 5.41) is 0. The lowest BCUT2D eigenvalue weighted by Crippen LogP contribution is -2.16. The summed E-state index contributed by atoms with van der Waals surface area (Å²) in [4.78, 5) is 26.0. The second kappa shape index (κ2) is 8.02. The highest BCUT2D eigenvalue weighted by atomic mass is 16.3. The first-order valence-corrected chi connectivity index (χ1v) is 8.99. The summed E-state index contributed by atoms with van der Waals surface area (Å²) in [5.74, 6) is 0.534. The van der Waals surface area contributed by atoms with Crippen molar-refractivity contribution < 1.29 is 4.42 Å². The van der Waals surface area contributed by atoms with Gasteiger partial charge >= 0.3 is 0 Å². The zero-order chi connectivity index (χ0) is 19.3. The molecule has 6 nitrogen and oxygen atoms in total. The van der Waals surface area contributed by atoms with Gasteiger partial charge in [0.2, 0.25) is 0 Å². The maximum atomic E-state index is 12.1. The normalized spacial score (nSPS) is 11.1. The number of furan rings is 1. The monoisotopic (exact) mass is 372 g/mol. The number of hydrogen-bond acceptors (Lipinski definition) is 5. The van der Waals surface area contributed by atoms with E-state index in [0.717, 1.165) is 24.2 Å². The van der Waals surface area contributed by atoms with Crippen LogP contribution >= 0.6 is 0 Å². The minimum atomic E-state index is -0.199. The van der Waals surface area contributed by atoms with Crippen LogP contribution in [0.4, 0.5) is 0 Å². The van der Waals surface area contributed by atoms with Crippen molar-refractivity contribution in [3.8, 4) is 22.8 Å².